The molecule has 0 aromatic heterocycles. The summed E-state index contributed by atoms with van der Waals surface area (Å²) in [4.78, 5) is 15.4. The molecule has 1 fully saturated rings. The number of amides is 1. The first-order chi connectivity index (χ1) is 16.2. The number of anilines is 3. The molecule has 34 heavy (non-hydrogen) atoms. The number of nitrogens with zero attached hydrogens (tertiary/aromatic N) is 2. The molecular formula is C23H16Cl2F5N3O. The Balaban J connectivity index is 1.46. The molecule has 0 spiro atoms. The largest absolute Gasteiger partial charge is 0.367 e. The van der Waals surface area contributed by atoms with Gasteiger partial charge in [-0.1, -0.05) is 35.3 Å². The number of nitrogens with one attached hydrogen (secondary N) is 1. The number of hydrogen-bond acceptors (Lipinski definition) is 3. The number of rotatable bonds is 4. The molecule has 1 heterocycles. The summed E-state index contributed by atoms with van der Waals surface area (Å²) in [6.07, 6.45) is 0. The van der Waals surface area contributed by atoms with Crippen molar-refractivity contribution in [3.8, 4) is 0 Å². The minimum Gasteiger partial charge on any atom is -0.367 e. The standard InChI is InChI=1S/C23H16Cl2F5N3O/c24-14-4-2-1-3-13(14)23(34)31-12-5-6-16(15(25)11-12)32-7-9-33(10-8-32)22-20(29)18(27)17(26)19(28)21(22)30/h1-6,11H,7-10H2,(H,31,34). The SMILES string of the molecule is O=C(Nc1ccc(N2CCN(c3c(F)c(F)c(F)c(F)c3F)CC2)c(Cl)c1)c1ccccc1Cl. The lowest BCUT2D eigenvalue weighted by Crippen LogP contribution is -2.47. The number of piperazine rings is 1. The van der Waals surface area contributed by atoms with Crippen molar-refractivity contribution >= 4 is 46.2 Å². The van der Waals surface area contributed by atoms with Crippen molar-refractivity contribution in [1.29, 1.82) is 0 Å². The van der Waals surface area contributed by atoms with Crippen LogP contribution in [0, 0.1) is 29.1 Å². The first-order valence-corrected chi connectivity index (χ1v) is 10.8. The normalized spacial score (nSPS) is 13.9. The Kier molecular flexibility index (Phi) is 6.86. The minimum absolute atomic E-state index is 0.000323. The van der Waals surface area contributed by atoms with Gasteiger partial charge in [-0.2, -0.15) is 0 Å². The zero-order valence-electron chi connectivity index (χ0n) is 17.3. The summed E-state index contributed by atoms with van der Waals surface area (Å²) in [6, 6.07) is 11.4. The molecule has 1 amide bonds. The van der Waals surface area contributed by atoms with Crippen molar-refractivity contribution < 1.29 is 26.7 Å². The lowest BCUT2D eigenvalue weighted by molar-refractivity contribution is 0.102. The molecule has 3 aromatic carbocycles. The van der Waals surface area contributed by atoms with Crippen molar-refractivity contribution in [2.24, 2.45) is 0 Å². The van der Waals surface area contributed by atoms with Gasteiger partial charge in [-0.05, 0) is 30.3 Å². The van der Waals surface area contributed by atoms with Gasteiger partial charge in [0.15, 0.2) is 23.3 Å². The maximum atomic E-state index is 14.1. The van der Waals surface area contributed by atoms with Crippen molar-refractivity contribution in [2.75, 3.05) is 41.3 Å². The van der Waals surface area contributed by atoms with E-state index in [4.69, 9.17) is 23.2 Å². The average molecular weight is 516 g/mol. The van der Waals surface area contributed by atoms with Gasteiger partial charge in [0.2, 0.25) is 5.82 Å². The maximum absolute atomic E-state index is 14.1. The van der Waals surface area contributed by atoms with Crippen molar-refractivity contribution in [1.82, 2.24) is 0 Å². The molecular weight excluding hydrogens is 500 g/mol. The van der Waals surface area contributed by atoms with Gasteiger partial charge in [0, 0.05) is 31.9 Å². The van der Waals surface area contributed by atoms with E-state index in [9.17, 15) is 26.7 Å². The van der Waals surface area contributed by atoms with Crippen molar-refractivity contribution in [2.45, 2.75) is 0 Å². The van der Waals surface area contributed by atoms with E-state index in [1.807, 2.05) is 4.90 Å². The van der Waals surface area contributed by atoms with Crippen LogP contribution in [0.3, 0.4) is 0 Å². The topological polar surface area (TPSA) is 35.6 Å². The van der Waals surface area contributed by atoms with E-state index < -0.39 is 40.7 Å². The summed E-state index contributed by atoms with van der Waals surface area (Å²) in [5.74, 6) is -10.3. The third-order valence-electron chi connectivity index (χ3n) is 5.45. The van der Waals surface area contributed by atoms with Gasteiger partial charge >= 0.3 is 0 Å². The third kappa shape index (κ3) is 4.50. The van der Waals surface area contributed by atoms with Gasteiger partial charge in [0.1, 0.15) is 5.69 Å². The van der Waals surface area contributed by atoms with E-state index in [1.165, 1.54) is 0 Å². The summed E-state index contributed by atoms with van der Waals surface area (Å²) in [7, 11) is 0. The molecule has 11 heteroatoms. The number of carbonyl (C=O) groups excluding carboxylic acids is 1. The Hall–Kier alpha value is -3.04. The second kappa shape index (κ2) is 9.68. The number of hydrogen-bond donors (Lipinski definition) is 1. The molecule has 3 aromatic rings. The summed E-state index contributed by atoms with van der Waals surface area (Å²) >= 11 is 12.4. The van der Waals surface area contributed by atoms with Crippen LogP contribution in [0.25, 0.3) is 0 Å². The fraction of sp³-hybridized carbons (Fsp3) is 0.174. The van der Waals surface area contributed by atoms with E-state index >= 15 is 0 Å². The highest BCUT2D eigenvalue weighted by Crippen LogP contribution is 2.33. The van der Waals surface area contributed by atoms with Crippen LogP contribution in [0.1, 0.15) is 10.4 Å². The first-order valence-electron chi connectivity index (χ1n) is 10.1. The van der Waals surface area contributed by atoms with Gasteiger partial charge in [-0.15, -0.1) is 0 Å². The highest BCUT2D eigenvalue weighted by atomic mass is 35.5. The molecule has 0 aliphatic carbocycles. The Labute approximate surface area is 201 Å². The fourth-order valence-electron chi connectivity index (χ4n) is 3.73. The lowest BCUT2D eigenvalue weighted by atomic mass is 10.1. The summed E-state index contributed by atoms with van der Waals surface area (Å²) in [5, 5.41) is 3.31. The van der Waals surface area contributed by atoms with Crippen molar-refractivity contribution in [3.05, 3.63) is 87.2 Å². The van der Waals surface area contributed by atoms with Crippen LogP contribution in [-0.2, 0) is 0 Å². The molecule has 1 saturated heterocycles. The molecule has 0 bridgehead atoms. The maximum Gasteiger partial charge on any atom is 0.257 e. The van der Waals surface area contributed by atoms with Crippen LogP contribution in [0.2, 0.25) is 10.0 Å². The van der Waals surface area contributed by atoms with Crippen LogP contribution in [0.5, 0.6) is 0 Å². The lowest BCUT2D eigenvalue weighted by Gasteiger charge is -2.38. The van der Waals surface area contributed by atoms with E-state index in [1.54, 1.807) is 42.5 Å². The molecule has 0 radical (unpaired) electrons. The predicted octanol–water partition coefficient (Wildman–Crippen LogP) is 6.27. The average Bonchev–Trinajstić information content (AvgIpc) is 2.82. The quantitative estimate of drug-likeness (QED) is 0.253. The molecule has 1 N–H and O–H groups in total. The molecule has 0 saturated carbocycles. The zero-order chi connectivity index (χ0) is 24.6. The molecule has 0 atom stereocenters. The van der Waals surface area contributed by atoms with Crippen LogP contribution in [0.4, 0.5) is 39.0 Å². The smallest absolute Gasteiger partial charge is 0.257 e. The molecule has 178 valence electrons. The Bertz CT molecular complexity index is 1240. The monoisotopic (exact) mass is 515 g/mol. The van der Waals surface area contributed by atoms with E-state index in [2.05, 4.69) is 5.32 Å². The summed E-state index contributed by atoms with van der Waals surface area (Å²) in [5.41, 5.74) is 0.376. The summed E-state index contributed by atoms with van der Waals surface area (Å²) < 4.78 is 68.7. The predicted molar refractivity (Wildman–Crippen MR) is 122 cm³/mol. The summed E-state index contributed by atoms with van der Waals surface area (Å²) in [6.45, 7) is 0.425. The third-order valence-corrected chi connectivity index (χ3v) is 6.08. The molecule has 1 aliphatic rings. The zero-order valence-corrected chi connectivity index (χ0v) is 18.8. The Morgan fingerprint density at radius 2 is 1.29 bits per heavy atom. The number of benzene rings is 3. The second-order valence-electron chi connectivity index (χ2n) is 7.49. The second-order valence-corrected chi connectivity index (χ2v) is 8.31. The van der Waals surface area contributed by atoms with Gasteiger partial charge < -0.3 is 15.1 Å². The molecule has 0 unspecified atom stereocenters. The highest BCUT2D eigenvalue weighted by molar-refractivity contribution is 6.35. The van der Waals surface area contributed by atoms with Gasteiger partial charge in [0.05, 0.1) is 21.3 Å². The van der Waals surface area contributed by atoms with Crippen LogP contribution >= 0.6 is 23.2 Å². The molecule has 4 nitrogen and oxygen atoms in total. The molecule has 1 aliphatic heterocycles. The number of carbonyl (C=O) groups is 1. The van der Waals surface area contributed by atoms with Crippen molar-refractivity contribution in [3.63, 3.8) is 0 Å². The van der Waals surface area contributed by atoms with Crippen LogP contribution in [-0.4, -0.2) is 32.1 Å². The minimum atomic E-state index is -2.19. The Morgan fingerprint density at radius 1 is 0.735 bits per heavy atom. The first kappa shape index (κ1) is 24.1. The van der Waals surface area contributed by atoms with Gasteiger partial charge in [-0.25, -0.2) is 22.0 Å². The molecule has 4 rings (SSSR count). The Morgan fingerprint density at radius 3 is 1.88 bits per heavy atom. The fourth-order valence-corrected chi connectivity index (χ4v) is 4.25. The van der Waals surface area contributed by atoms with Crippen LogP contribution in [0.15, 0.2) is 42.5 Å². The van der Waals surface area contributed by atoms with Crippen LogP contribution < -0.4 is 15.1 Å². The number of halogens is 7. The van der Waals surface area contributed by atoms with E-state index in [-0.39, 0.29) is 26.2 Å². The van der Waals surface area contributed by atoms with Gasteiger partial charge in [-0.3, -0.25) is 4.79 Å². The van der Waals surface area contributed by atoms with Gasteiger partial charge in [0.25, 0.3) is 5.91 Å². The highest BCUT2D eigenvalue weighted by Gasteiger charge is 2.31. The van der Waals surface area contributed by atoms with E-state index in [0.717, 1.165) is 4.90 Å². The van der Waals surface area contributed by atoms with E-state index in [0.29, 0.717) is 27.0 Å².